The van der Waals surface area contributed by atoms with E-state index in [2.05, 4.69) is 19.6 Å². The molecule has 1 aromatic rings. The number of carbonyl (C=O) groups is 1. The molecular formula is C13H18N4O3S2. The third-order valence-corrected chi connectivity index (χ3v) is 5.68. The molecule has 3 rings (SSSR count). The van der Waals surface area contributed by atoms with Crippen molar-refractivity contribution in [1.29, 1.82) is 0 Å². The Morgan fingerprint density at radius 1 is 1.59 bits per heavy atom. The van der Waals surface area contributed by atoms with Gasteiger partial charge < -0.3 is 9.57 Å². The molecule has 120 valence electrons. The van der Waals surface area contributed by atoms with E-state index in [9.17, 15) is 4.79 Å². The third kappa shape index (κ3) is 3.76. The van der Waals surface area contributed by atoms with E-state index >= 15 is 0 Å². The molecule has 1 aromatic heterocycles. The summed E-state index contributed by atoms with van der Waals surface area (Å²) in [6.07, 6.45) is 1.18. The first-order valence-electron chi connectivity index (χ1n) is 7.27. The summed E-state index contributed by atoms with van der Waals surface area (Å²) in [5.74, 6) is 0.589. The number of rotatable bonds is 7. The van der Waals surface area contributed by atoms with Gasteiger partial charge in [-0.1, -0.05) is 21.4 Å². The van der Waals surface area contributed by atoms with Crippen LogP contribution in [-0.2, 0) is 21.0 Å². The molecular weight excluding hydrogens is 324 g/mol. The Labute approximate surface area is 137 Å². The van der Waals surface area contributed by atoms with Gasteiger partial charge in [0.1, 0.15) is 9.90 Å². The van der Waals surface area contributed by atoms with Crippen LogP contribution in [0.4, 0.5) is 0 Å². The highest BCUT2D eigenvalue weighted by atomic mass is 32.2. The van der Waals surface area contributed by atoms with Crippen LogP contribution >= 0.6 is 23.3 Å². The molecule has 2 atom stereocenters. The van der Waals surface area contributed by atoms with Crippen LogP contribution in [0.1, 0.15) is 19.0 Å². The Balaban J connectivity index is 1.48. The van der Waals surface area contributed by atoms with Crippen LogP contribution in [0, 0.1) is 5.92 Å². The van der Waals surface area contributed by atoms with Crippen LogP contribution in [-0.4, -0.2) is 58.2 Å². The molecule has 2 bridgehead atoms. The van der Waals surface area contributed by atoms with Crippen molar-refractivity contribution in [3.63, 3.8) is 0 Å². The van der Waals surface area contributed by atoms with Gasteiger partial charge in [0.2, 0.25) is 0 Å². The Morgan fingerprint density at radius 2 is 2.50 bits per heavy atom. The quantitative estimate of drug-likeness (QED) is 0.421. The van der Waals surface area contributed by atoms with E-state index in [1.807, 2.05) is 0 Å². The van der Waals surface area contributed by atoms with Crippen molar-refractivity contribution in [3.05, 3.63) is 5.69 Å². The van der Waals surface area contributed by atoms with Crippen LogP contribution in [0.25, 0.3) is 0 Å². The maximum absolute atomic E-state index is 11.4. The van der Waals surface area contributed by atoms with Gasteiger partial charge in [0, 0.05) is 19.0 Å². The van der Waals surface area contributed by atoms with E-state index in [0.717, 1.165) is 28.7 Å². The number of oxime groups is 1. The fraction of sp³-hybridized carbons (Fsp3) is 0.692. The van der Waals surface area contributed by atoms with E-state index in [0.29, 0.717) is 12.5 Å². The summed E-state index contributed by atoms with van der Waals surface area (Å²) in [5, 5.41) is 8.30. The molecule has 0 saturated carbocycles. The number of carbonyl (C=O) groups excluding carboxylic acids is 1. The average Bonchev–Trinajstić information content (AvgIpc) is 3.22. The van der Waals surface area contributed by atoms with Gasteiger partial charge in [-0.05, 0) is 31.4 Å². The molecule has 0 aliphatic carbocycles. The monoisotopic (exact) mass is 342 g/mol. The number of fused-ring (bicyclic) bond motifs is 2. The molecule has 0 spiro atoms. The predicted octanol–water partition coefficient (Wildman–Crippen LogP) is 1.40. The highest BCUT2D eigenvalue weighted by Gasteiger charge is 2.35. The Kier molecular flexibility index (Phi) is 5.27. The van der Waals surface area contributed by atoms with Gasteiger partial charge in [-0.15, -0.1) is 5.10 Å². The molecule has 22 heavy (non-hydrogen) atoms. The summed E-state index contributed by atoms with van der Waals surface area (Å²) in [6, 6.07) is 0. The summed E-state index contributed by atoms with van der Waals surface area (Å²) < 4.78 is 9.70. The van der Waals surface area contributed by atoms with Crippen LogP contribution in [0.5, 0.6) is 0 Å². The maximum Gasteiger partial charge on any atom is 0.316 e. The molecule has 2 aliphatic heterocycles. The number of esters is 1. The topological polar surface area (TPSA) is 76.9 Å². The molecule has 3 heterocycles. The summed E-state index contributed by atoms with van der Waals surface area (Å²) in [4.78, 5) is 19.2. The third-order valence-electron chi connectivity index (χ3n) is 3.66. The smallest absolute Gasteiger partial charge is 0.316 e. The van der Waals surface area contributed by atoms with Crippen molar-refractivity contribution < 1.29 is 14.4 Å². The van der Waals surface area contributed by atoms with Gasteiger partial charge in [-0.25, -0.2) is 0 Å². The van der Waals surface area contributed by atoms with Gasteiger partial charge >= 0.3 is 5.97 Å². The number of thioether (sulfide) groups is 1. The fourth-order valence-corrected chi connectivity index (χ4v) is 4.12. The van der Waals surface area contributed by atoms with Crippen molar-refractivity contribution >= 4 is 35.0 Å². The summed E-state index contributed by atoms with van der Waals surface area (Å²) in [6.45, 7) is 5.69. The first-order valence-corrected chi connectivity index (χ1v) is 9.03. The Bertz CT molecular complexity index is 563. The van der Waals surface area contributed by atoms with Crippen molar-refractivity contribution in [3.8, 4) is 0 Å². The summed E-state index contributed by atoms with van der Waals surface area (Å²) in [5.41, 5.74) is 1.86. The lowest BCUT2D eigenvalue weighted by Crippen LogP contribution is -2.23. The van der Waals surface area contributed by atoms with Crippen molar-refractivity contribution in [2.24, 2.45) is 11.1 Å². The average molecular weight is 342 g/mol. The minimum Gasteiger partial charge on any atom is -0.465 e. The van der Waals surface area contributed by atoms with Gasteiger partial charge in [-0.3, -0.25) is 9.69 Å². The zero-order chi connectivity index (χ0) is 15.4. The highest BCUT2D eigenvalue weighted by molar-refractivity contribution is 8.01. The number of aromatic nitrogens is 2. The zero-order valence-corrected chi connectivity index (χ0v) is 14.0. The Morgan fingerprint density at radius 3 is 3.23 bits per heavy atom. The molecule has 7 nitrogen and oxygen atoms in total. The molecule has 9 heteroatoms. The van der Waals surface area contributed by atoms with E-state index in [1.54, 1.807) is 6.92 Å². The first kappa shape index (κ1) is 15.7. The van der Waals surface area contributed by atoms with Crippen LogP contribution in [0.2, 0.25) is 0 Å². The minimum absolute atomic E-state index is 0.232. The molecule has 0 amide bonds. The number of hydrogen-bond acceptors (Lipinski definition) is 9. The summed E-state index contributed by atoms with van der Waals surface area (Å²) >= 11 is 2.64. The van der Waals surface area contributed by atoms with Crippen molar-refractivity contribution in [2.75, 3.05) is 32.0 Å². The van der Waals surface area contributed by atoms with Gasteiger partial charge in [0.25, 0.3) is 0 Å². The van der Waals surface area contributed by atoms with E-state index < -0.39 is 0 Å². The van der Waals surface area contributed by atoms with E-state index in [4.69, 9.17) is 9.57 Å². The van der Waals surface area contributed by atoms with Gasteiger partial charge in [0.15, 0.2) is 6.61 Å². The second kappa shape index (κ2) is 7.38. The fourth-order valence-electron chi connectivity index (χ4n) is 2.61. The van der Waals surface area contributed by atoms with E-state index in [-0.39, 0.29) is 18.3 Å². The van der Waals surface area contributed by atoms with Gasteiger partial charge in [-0.2, -0.15) is 0 Å². The zero-order valence-electron chi connectivity index (χ0n) is 12.4. The van der Waals surface area contributed by atoms with Crippen LogP contribution in [0.3, 0.4) is 0 Å². The Hall–Kier alpha value is -1.19. The predicted molar refractivity (Wildman–Crippen MR) is 84.0 cm³/mol. The molecule has 2 saturated heterocycles. The molecule has 0 N–H and O–H groups in total. The number of piperidine rings is 1. The molecule has 0 aromatic carbocycles. The lowest BCUT2D eigenvalue weighted by atomic mass is 10.0. The van der Waals surface area contributed by atoms with Crippen LogP contribution < -0.4 is 0 Å². The lowest BCUT2D eigenvalue weighted by Gasteiger charge is -2.12. The second-order valence-corrected chi connectivity index (χ2v) is 7.18. The van der Waals surface area contributed by atoms with Gasteiger partial charge in [0.05, 0.1) is 18.1 Å². The maximum atomic E-state index is 11.4. The largest absolute Gasteiger partial charge is 0.465 e. The van der Waals surface area contributed by atoms with Crippen molar-refractivity contribution in [2.45, 2.75) is 24.2 Å². The first-order chi connectivity index (χ1) is 10.8. The molecule has 2 aliphatic rings. The second-order valence-electron chi connectivity index (χ2n) is 5.18. The summed E-state index contributed by atoms with van der Waals surface area (Å²) in [7, 11) is 0. The van der Waals surface area contributed by atoms with Crippen molar-refractivity contribution in [1.82, 2.24) is 14.5 Å². The van der Waals surface area contributed by atoms with Crippen LogP contribution in [0.15, 0.2) is 9.36 Å². The normalized spacial score (nSPS) is 24.9. The molecule has 2 unspecified atom stereocenters. The number of ether oxygens (including phenoxy) is 1. The highest BCUT2D eigenvalue weighted by Crippen LogP contribution is 2.27. The van der Waals surface area contributed by atoms with E-state index in [1.165, 1.54) is 36.3 Å². The molecule has 0 radical (unpaired) electrons. The minimum atomic E-state index is -0.232. The number of hydrogen-bond donors (Lipinski definition) is 0. The molecule has 2 fully saturated rings. The SMILES string of the molecule is CCOC(=O)CSc1snnc1CO/N=C1\CN2CCC1C2. The lowest BCUT2D eigenvalue weighted by molar-refractivity contribution is -0.139. The number of nitrogens with zero attached hydrogens (tertiary/aromatic N) is 4. The standard InChI is InChI=1S/C13H18N4O3S2/c1-2-19-12(18)8-21-13-11(14-16-22-13)7-20-15-10-6-17-4-3-9(10)5-17/h9H,2-8H2,1H3/b15-10+.